The summed E-state index contributed by atoms with van der Waals surface area (Å²) in [5.41, 5.74) is 1.88. The van der Waals surface area contributed by atoms with E-state index < -0.39 is 0 Å². The van der Waals surface area contributed by atoms with Crippen LogP contribution in [0.25, 0.3) is 0 Å². The third-order valence-corrected chi connectivity index (χ3v) is 4.24. The van der Waals surface area contributed by atoms with Crippen molar-refractivity contribution < 1.29 is 0 Å². The Kier molecular flexibility index (Phi) is 5.45. The van der Waals surface area contributed by atoms with Gasteiger partial charge < -0.3 is 10.2 Å². The number of hydrogen-bond acceptors (Lipinski definition) is 3. The molecule has 0 saturated carbocycles. The fraction of sp³-hybridized carbons (Fsp3) is 0.562. The van der Waals surface area contributed by atoms with Crippen LogP contribution in [-0.2, 0) is 0 Å². The summed E-state index contributed by atoms with van der Waals surface area (Å²) < 4.78 is 1.01. The summed E-state index contributed by atoms with van der Waals surface area (Å²) in [5, 5.41) is 12.5. The third kappa shape index (κ3) is 3.97. The van der Waals surface area contributed by atoms with Gasteiger partial charge in [-0.3, -0.25) is 0 Å². The Labute approximate surface area is 130 Å². The number of hydrogen-bond donors (Lipinski definition) is 1. The molecule has 1 aromatic carbocycles. The second-order valence-electron chi connectivity index (χ2n) is 5.87. The lowest BCUT2D eigenvalue weighted by molar-refractivity contribution is 0.540. The second kappa shape index (κ2) is 7.10. The largest absolute Gasteiger partial charge is 0.369 e. The van der Waals surface area contributed by atoms with Crippen molar-refractivity contribution in [2.24, 2.45) is 5.92 Å². The van der Waals surface area contributed by atoms with Crippen molar-refractivity contribution in [3.05, 3.63) is 28.2 Å². The van der Waals surface area contributed by atoms with Crippen LogP contribution in [0.4, 0.5) is 5.69 Å². The minimum atomic E-state index is 0.580. The molecule has 1 saturated heterocycles. The highest BCUT2D eigenvalue weighted by atomic mass is 79.9. The predicted octanol–water partition coefficient (Wildman–Crippen LogP) is 3.54. The maximum atomic E-state index is 8.97. The molecule has 1 heterocycles. The number of nitriles is 1. The zero-order valence-corrected chi connectivity index (χ0v) is 13.8. The van der Waals surface area contributed by atoms with Gasteiger partial charge in [0.15, 0.2) is 0 Å². The molecule has 0 spiro atoms. The summed E-state index contributed by atoms with van der Waals surface area (Å²) in [6, 6.07) is 8.63. The van der Waals surface area contributed by atoms with Crippen molar-refractivity contribution in [2.45, 2.75) is 32.7 Å². The molecule has 1 fully saturated rings. The molecule has 1 aliphatic rings. The highest BCUT2D eigenvalue weighted by Gasteiger charge is 2.20. The first kappa shape index (κ1) is 15.3. The molecule has 1 atom stereocenters. The van der Waals surface area contributed by atoms with Crippen molar-refractivity contribution in [3.63, 3.8) is 0 Å². The van der Waals surface area contributed by atoms with Crippen LogP contribution in [0.2, 0.25) is 0 Å². The van der Waals surface area contributed by atoms with Crippen LogP contribution in [0.5, 0.6) is 0 Å². The van der Waals surface area contributed by atoms with E-state index in [1.807, 2.05) is 12.1 Å². The third-order valence-electron chi connectivity index (χ3n) is 3.61. The fourth-order valence-electron chi connectivity index (χ4n) is 2.72. The smallest absolute Gasteiger partial charge is 0.0992 e. The van der Waals surface area contributed by atoms with Gasteiger partial charge >= 0.3 is 0 Å². The minimum Gasteiger partial charge on any atom is -0.369 e. The van der Waals surface area contributed by atoms with Crippen LogP contribution in [-0.4, -0.2) is 25.7 Å². The van der Waals surface area contributed by atoms with Gasteiger partial charge in [0.2, 0.25) is 0 Å². The first-order chi connectivity index (χ1) is 9.60. The molecule has 2 rings (SSSR count). The van der Waals surface area contributed by atoms with Gasteiger partial charge in [-0.15, -0.1) is 0 Å². The Morgan fingerprint density at radius 3 is 2.85 bits per heavy atom. The molecule has 1 unspecified atom stereocenters. The number of nitrogens with one attached hydrogen (secondary N) is 1. The maximum absolute atomic E-state index is 8.97. The van der Waals surface area contributed by atoms with Gasteiger partial charge in [-0.05, 0) is 59.4 Å². The highest BCUT2D eigenvalue weighted by molar-refractivity contribution is 9.10. The average Bonchev–Trinajstić information content (AvgIpc) is 2.90. The quantitative estimate of drug-likeness (QED) is 0.894. The van der Waals surface area contributed by atoms with Crippen LogP contribution in [0.15, 0.2) is 22.7 Å². The Hall–Kier alpha value is -1.05. The van der Waals surface area contributed by atoms with E-state index in [0.717, 1.165) is 24.1 Å². The summed E-state index contributed by atoms with van der Waals surface area (Å²) >= 11 is 3.61. The van der Waals surface area contributed by atoms with Gasteiger partial charge in [0.1, 0.15) is 0 Å². The molecule has 4 heteroatoms. The Morgan fingerprint density at radius 2 is 2.30 bits per heavy atom. The van der Waals surface area contributed by atoms with Crippen molar-refractivity contribution in [1.82, 2.24) is 5.32 Å². The zero-order valence-electron chi connectivity index (χ0n) is 12.2. The molecule has 0 amide bonds. The molecule has 0 aliphatic carbocycles. The van der Waals surface area contributed by atoms with E-state index in [1.165, 1.54) is 18.5 Å². The van der Waals surface area contributed by atoms with Gasteiger partial charge in [-0.1, -0.05) is 13.8 Å². The van der Waals surface area contributed by atoms with Crippen molar-refractivity contribution in [2.75, 3.05) is 24.5 Å². The van der Waals surface area contributed by atoms with Crippen LogP contribution >= 0.6 is 15.9 Å². The fourth-order valence-corrected chi connectivity index (χ4v) is 3.35. The number of halogens is 1. The van der Waals surface area contributed by atoms with Gasteiger partial charge in [0, 0.05) is 23.6 Å². The molecular formula is C16H22BrN3. The number of anilines is 1. The Morgan fingerprint density at radius 1 is 1.50 bits per heavy atom. The van der Waals surface area contributed by atoms with Gasteiger partial charge in [-0.2, -0.15) is 5.26 Å². The second-order valence-corrected chi connectivity index (χ2v) is 6.72. The van der Waals surface area contributed by atoms with Crippen LogP contribution in [0, 0.1) is 17.2 Å². The predicted molar refractivity (Wildman–Crippen MR) is 86.9 cm³/mol. The van der Waals surface area contributed by atoms with E-state index in [1.54, 1.807) is 0 Å². The summed E-state index contributed by atoms with van der Waals surface area (Å²) in [6.45, 7) is 7.68. The van der Waals surface area contributed by atoms with E-state index in [2.05, 4.69) is 52.1 Å². The van der Waals surface area contributed by atoms with Crippen molar-refractivity contribution in [1.29, 1.82) is 5.26 Å². The lowest BCUT2D eigenvalue weighted by Crippen LogP contribution is -2.39. The minimum absolute atomic E-state index is 0.580. The molecule has 108 valence electrons. The van der Waals surface area contributed by atoms with Crippen molar-refractivity contribution in [3.8, 4) is 6.07 Å². The van der Waals surface area contributed by atoms with E-state index in [4.69, 9.17) is 5.26 Å². The highest BCUT2D eigenvalue weighted by Crippen LogP contribution is 2.28. The molecule has 20 heavy (non-hydrogen) atoms. The molecule has 1 aliphatic heterocycles. The Balaban J connectivity index is 2.18. The Bertz CT molecular complexity index is 487. The molecule has 0 radical (unpaired) electrons. The number of benzene rings is 1. The first-order valence-corrected chi connectivity index (χ1v) is 8.07. The topological polar surface area (TPSA) is 39.1 Å². The SMILES string of the molecule is CC(C)CN(CC1CCCN1)c1ccc(C#N)cc1Br. The summed E-state index contributed by atoms with van der Waals surface area (Å²) in [7, 11) is 0. The zero-order chi connectivity index (χ0) is 14.5. The van der Waals surface area contributed by atoms with Crippen LogP contribution < -0.4 is 10.2 Å². The van der Waals surface area contributed by atoms with Gasteiger partial charge in [-0.25, -0.2) is 0 Å². The first-order valence-electron chi connectivity index (χ1n) is 7.28. The number of rotatable bonds is 5. The maximum Gasteiger partial charge on any atom is 0.0992 e. The standard InChI is InChI=1S/C16H22BrN3/c1-12(2)10-20(11-14-4-3-7-19-14)16-6-5-13(9-18)8-15(16)17/h5-6,8,12,14,19H,3-4,7,10-11H2,1-2H3. The molecular weight excluding hydrogens is 314 g/mol. The summed E-state index contributed by atoms with van der Waals surface area (Å²) in [6.07, 6.45) is 2.53. The molecule has 0 bridgehead atoms. The summed E-state index contributed by atoms with van der Waals surface area (Å²) in [5.74, 6) is 0.610. The number of nitrogens with zero attached hydrogens (tertiary/aromatic N) is 2. The van der Waals surface area contributed by atoms with Crippen LogP contribution in [0.3, 0.4) is 0 Å². The monoisotopic (exact) mass is 335 g/mol. The van der Waals surface area contributed by atoms with Gasteiger partial charge in [0.25, 0.3) is 0 Å². The summed E-state index contributed by atoms with van der Waals surface area (Å²) in [4.78, 5) is 2.43. The molecule has 1 aromatic rings. The van der Waals surface area contributed by atoms with Gasteiger partial charge in [0.05, 0.1) is 17.3 Å². The van der Waals surface area contributed by atoms with E-state index in [-0.39, 0.29) is 0 Å². The van der Waals surface area contributed by atoms with E-state index >= 15 is 0 Å². The molecule has 0 aromatic heterocycles. The van der Waals surface area contributed by atoms with E-state index in [0.29, 0.717) is 17.5 Å². The van der Waals surface area contributed by atoms with Crippen LogP contribution in [0.1, 0.15) is 32.3 Å². The normalized spacial score (nSPS) is 18.2. The lowest BCUT2D eigenvalue weighted by Gasteiger charge is -2.30. The van der Waals surface area contributed by atoms with E-state index in [9.17, 15) is 0 Å². The molecule has 3 nitrogen and oxygen atoms in total. The van der Waals surface area contributed by atoms with Crippen molar-refractivity contribution >= 4 is 21.6 Å². The molecule has 1 N–H and O–H groups in total. The lowest BCUT2D eigenvalue weighted by atomic mass is 10.1. The average molecular weight is 336 g/mol.